The summed E-state index contributed by atoms with van der Waals surface area (Å²) in [5, 5.41) is 0.981. The number of aromatic nitrogens is 2. The number of nitrogens with zero attached hydrogens (tertiary/aromatic N) is 3. The fourth-order valence-corrected chi connectivity index (χ4v) is 4.44. The number of anilines is 1. The van der Waals surface area contributed by atoms with Gasteiger partial charge < -0.3 is 4.72 Å². The van der Waals surface area contributed by atoms with Gasteiger partial charge in [0.2, 0.25) is 0 Å². The summed E-state index contributed by atoms with van der Waals surface area (Å²) in [6, 6.07) is 13.5. The number of allylic oxidation sites excluding steroid dienone is 3. The molecule has 0 unspecified atom stereocenters. The van der Waals surface area contributed by atoms with E-state index in [-0.39, 0.29) is 0 Å². The topological polar surface area (TPSA) is 50.2 Å². The molecule has 4 aromatic rings. The van der Waals surface area contributed by atoms with Crippen LogP contribution >= 0.6 is 11.9 Å². The molecule has 176 valence electrons. The van der Waals surface area contributed by atoms with Crippen molar-refractivity contribution in [3.05, 3.63) is 102 Å². The van der Waals surface area contributed by atoms with E-state index in [9.17, 15) is 8.78 Å². The minimum Gasteiger partial charge on any atom is -0.324 e. The van der Waals surface area contributed by atoms with E-state index >= 15 is 0 Å². The average Bonchev–Trinajstić information content (AvgIpc) is 2.87. The van der Waals surface area contributed by atoms with Gasteiger partial charge in [0.15, 0.2) is 0 Å². The summed E-state index contributed by atoms with van der Waals surface area (Å²) >= 11 is 1.09. The van der Waals surface area contributed by atoms with E-state index in [1.165, 1.54) is 12.1 Å². The number of nitrogens with one attached hydrogen (secondary N) is 1. The van der Waals surface area contributed by atoms with Crippen LogP contribution in [-0.4, -0.2) is 16.7 Å². The summed E-state index contributed by atoms with van der Waals surface area (Å²) in [5.41, 5.74) is 6.30. The Balaban J connectivity index is 1.73. The third kappa shape index (κ3) is 5.46. The minimum atomic E-state index is -0.613. The summed E-state index contributed by atoms with van der Waals surface area (Å²) in [5.74, 6) is -1.22. The molecule has 0 fully saturated rings. The zero-order chi connectivity index (χ0) is 24.8. The first-order valence-electron chi connectivity index (χ1n) is 11.1. The molecule has 2 heterocycles. The molecule has 0 amide bonds. The molecule has 4 rings (SSSR count). The highest BCUT2D eigenvalue weighted by molar-refractivity contribution is 8.00. The first kappa shape index (κ1) is 24.3. The van der Waals surface area contributed by atoms with Crippen molar-refractivity contribution in [3.8, 4) is 11.1 Å². The van der Waals surface area contributed by atoms with Gasteiger partial charge in [-0.1, -0.05) is 25.1 Å². The lowest BCUT2D eigenvalue weighted by Crippen LogP contribution is -1.98. The zero-order valence-electron chi connectivity index (χ0n) is 19.4. The summed E-state index contributed by atoms with van der Waals surface area (Å²) < 4.78 is 30.5. The second-order valence-electron chi connectivity index (χ2n) is 7.71. The van der Waals surface area contributed by atoms with E-state index in [1.54, 1.807) is 12.4 Å². The van der Waals surface area contributed by atoms with Crippen molar-refractivity contribution in [1.29, 1.82) is 0 Å². The molecule has 0 saturated carbocycles. The van der Waals surface area contributed by atoms with Gasteiger partial charge in [-0.15, -0.1) is 0 Å². The Bertz CT molecular complexity index is 1450. The molecule has 0 saturated heterocycles. The molecule has 7 heteroatoms. The molecule has 0 atom stereocenters. The molecular formula is C28H24F2N4S. The fourth-order valence-electron chi connectivity index (χ4n) is 3.75. The Morgan fingerprint density at radius 3 is 2.69 bits per heavy atom. The Morgan fingerprint density at radius 2 is 1.94 bits per heavy atom. The van der Waals surface area contributed by atoms with Crippen LogP contribution in [0.15, 0.2) is 89.2 Å². The summed E-state index contributed by atoms with van der Waals surface area (Å²) in [4.78, 5) is 13.4. The number of aryl methyl sites for hydroxylation is 1. The molecule has 0 bridgehead atoms. The van der Waals surface area contributed by atoms with E-state index < -0.39 is 11.6 Å². The highest BCUT2D eigenvalue weighted by Crippen LogP contribution is 2.32. The molecule has 2 aromatic heterocycles. The lowest BCUT2D eigenvalue weighted by atomic mass is 9.97. The van der Waals surface area contributed by atoms with Crippen molar-refractivity contribution in [3.63, 3.8) is 0 Å². The van der Waals surface area contributed by atoms with Crippen molar-refractivity contribution in [2.24, 2.45) is 4.99 Å². The fraction of sp³-hybridized carbons (Fsp3) is 0.107. The molecule has 1 N–H and O–H groups in total. The second kappa shape index (κ2) is 11.1. The van der Waals surface area contributed by atoms with Gasteiger partial charge in [-0.2, -0.15) is 0 Å². The van der Waals surface area contributed by atoms with E-state index in [1.807, 2.05) is 56.5 Å². The van der Waals surface area contributed by atoms with Gasteiger partial charge in [0.25, 0.3) is 0 Å². The standard InChI is InChI=1S/C28H24F2N4S/c1-4-6-19(16-31-3)22-11-12-32-26-9-7-18(13-23(22)26)20-14-27(25(5-2)33-17-20)34-35-28-10-8-21(29)15-24(28)30/h4,6-17,34H,3,5H2,1-2H3/b6-4-,19-16+. The van der Waals surface area contributed by atoms with Crippen LogP contribution in [0.1, 0.15) is 25.1 Å². The molecule has 0 aliphatic heterocycles. The van der Waals surface area contributed by atoms with Gasteiger partial charge in [0.1, 0.15) is 11.6 Å². The monoisotopic (exact) mass is 486 g/mol. The summed E-state index contributed by atoms with van der Waals surface area (Å²) in [7, 11) is 0. The van der Waals surface area contributed by atoms with Gasteiger partial charge in [-0.3, -0.25) is 15.0 Å². The largest absolute Gasteiger partial charge is 0.324 e. The van der Waals surface area contributed by atoms with Gasteiger partial charge >= 0.3 is 0 Å². The Labute approximate surface area is 207 Å². The SMILES string of the molecule is C=N/C=C(\C=C/C)c1ccnc2ccc(-c3cnc(CC)c(NSc4ccc(F)cc4F)c3)cc12. The predicted octanol–water partition coefficient (Wildman–Crippen LogP) is 7.87. The molecule has 0 spiro atoms. The highest BCUT2D eigenvalue weighted by atomic mass is 32.2. The maximum absolute atomic E-state index is 14.1. The lowest BCUT2D eigenvalue weighted by molar-refractivity contribution is 0.566. The van der Waals surface area contributed by atoms with Crippen molar-refractivity contribution in [1.82, 2.24) is 9.97 Å². The molecule has 0 radical (unpaired) electrons. The first-order chi connectivity index (χ1) is 17.0. The smallest absolute Gasteiger partial charge is 0.141 e. The third-order valence-corrected chi connectivity index (χ3v) is 6.31. The second-order valence-corrected chi connectivity index (χ2v) is 8.56. The maximum Gasteiger partial charge on any atom is 0.141 e. The van der Waals surface area contributed by atoms with Crippen LogP contribution in [0.2, 0.25) is 0 Å². The van der Waals surface area contributed by atoms with Gasteiger partial charge in [0, 0.05) is 41.2 Å². The highest BCUT2D eigenvalue weighted by Gasteiger charge is 2.11. The van der Waals surface area contributed by atoms with Gasteiger partial charge in [-0.05, 0) is 79.5 Å². The molecular weight excluding hydrogens is 462 g/mol. The molecule has 4 nitrogen and oxygen atoms in total. The first-order valence-corrected chi connectivity index (χ1v) is 11.9. The number of hydrogen-bond donors (Lipinski definition) is 1. The average molecular weight is 487 g/mol. The number of fused-ring (bicyclic) bond motifs is 1. The van der Waals surface area contributed by atoms with E-state index in [2.05, 4.69) is 32.5 Å². The molecule has 2 aromatic carbocycles. The van der Waals surface area contributed by atoms with E-state index in [0.717, 1.165) is 62.6 Å². The van der Waals surface area contributed by atoms with Crippen molar-refractivity contribution in [2.45, 2.75) is 25.2 Å². The number of pyridine rings is 2. The third-order valence-electron chi connectivity index (χ3n) is 5.43. The number of benzene rings is 2. The Morgan fingerprint density at radius 1 is 1.09 bits per heavy atom. The lowest BCUT2D eigenvalue weighted by Gasteiger charge is -2.13. The Kier molecular flexibility index (Phi) is 7.67. The van der Waals surface area contributed by atoms with Crippen molar-refractivity contribution < 1.29 is 8.78 Å². The summed E-state index contributed by atoms with van der Waals surface area (Å²) in [6.07, 6.45) is 9.99. The minimum absolute atomic E-state index is 0.305. The van der Waals surface area contributed by atoms with Crippen LogP contribution in [0.4, 0.5) is 14.5 Å². The van der Waals surface area contributed by atoms with Crippen LogP contribution < -0.4 is 4.72 Å². The predicted molar refractivity (Wildman–Crippen MR) is 143 cm³/mol. The van der Waals surface area contributed by atoms with Crippen LogP contribution in [0.25, 0.3) is 27.6 Å². The molecule has 35 heavy (non-hydrogen) atoms. The summed E-state index contributed by atoms with van der Waals surface area (Å²) in [6.45, 7) is 7.56. The number of rotatable bonds is 8. The van der Waals surface area contributed by atoms with E-state index in [4.69, 9.17) is 0 Å². The number of aliphatic imine (C=N–C) groups is 1. The number of hydrogen-bond acceptors (Lipinski definition) is 5. The molecule has 0 aliphatic carbocycles. The van der Waals surface area contributed by atoms with Gasteiger partial charge in [-0.25, -0.2) is 8.78 Å². The quantitative estimate of drug-likeness (QED) is 0.156. The van der Waals surface area contributed by atoms with Gasteiger partial charge in [0.05, 0.1) is 21.8 Å². The molecule has 0 aliphatic rings. The zero-order valence-corrected chi connectivity index (χ0v) is 20.2. The van der Waals surface area contributed by atoms with Crippen LogP contribution in [0.5, 0.6) is 0 Å². The Hall–Kier alpha value is -3.84. The van der Waals surface area contributed by atoms with Crippen LogP contribution in [0.3, 0.4) is 0 Å². The van der Waals surface area contributed by atoms with Crippen molar-refractivity contribution in [2.75, 3.05) is 4.72 Å². The van der Waals surface area contributed by atoms with Crippen molar-refractivity contribution >= 4 is 40.8 Å². The van der Waals surface area contributed by atoms with E-state index in [0.29, 0.717) is 11.3 Å². The maximum atomic E-state index is 14.1. The normalized spacial score (nSPS) is 11.8. The number of halogens is 2. The van der Waals surface area contributed by atoms with Crippen LogP contribution in [-0.2, 0) is 6.42 Å². The van der Waals surface area contributed by atoms with Crippen LogP contribution in [0, 0.1) is 11.6 Å².